The van der Waals surface area contributed by atoms with Gasteiger partial charge in [-0.25, -0.2) is 0 Å². The van der Waals surface area contributed by atoms with E-state index < -0.39 is 5.91 Å². The van der Waals surface area contributed by atoms with Crippen molar-refractivity contribution in [2.24, 2.45) is 27.2 Å². The largest absolute Gasteiger partial charge is 0.370 e. The van der Waals surface area contributed by atoms with Crippen LogP contribution < -0.4 is 17.2 Å². The van der Waals surface area contributed by atoms with E-state index in [0.717, 1.165) is 0 Å². The Morgan fingerprint density at radius 2 is 1.70 bits per heavy atom. The standard InChI is InChI=1S/C4H9N5O/c1-2(10)8-4(7)9-3(5)6/h1H3,(H6,5,6,7,8,9,10). The molecule has 0 aliphatic rings. The van der Waals surface area contributed by atoms with E-state index in [2.05, 4.69) is 9.98 Å². The van der Waals surface area contributed by atoms with E-state index in [1.165, 1.54) is 6.92 Å². The second-order valence-corrected chi connectivity index (χ2v) is 1.53. The molecular weight excluding hydrogens is 134 g/mol. The molecule has 0 aliphatic carbocycles. The lowest BCUT2D eigenvalue weighted by Gasteiger charge is -1.89. The maximum absolute atomic E-state index is 10.2. The van der Waals surface area contributed by atoms with Gasteiger partial charge in [0.15, 0.2) is 5.96 Å². The Labute approximate surface area is 57.8 Å². The first-order chi connectivity index (χ1) is 4.52. The van der Waals surface area contributed by atoms with Crippen molar-refractivity contribution < 1.29 is 4.79 Å². The first-order valence-corrected chi connectivity index (χ1v) is 2.46. The zero-order chi connectivity index (χ0) is 8.15. The fourth-order valence-corrected chi connectivity index (χ4v) is 0.319. The Hall–Kier alpha value is -1.59. The average molecular weight is 143 g/mol. The maximum atomic E-state index is 10.2. The first kappa shape index (κ1) is 8.41. The third-order valence-corrected chi connectivity index (χ3v) is 0.516. The van der Waals surface area contributed by atoms with Gasteiger partial charge in [-0.3, -0.25) is 4.79 Å². The number of hydrogen-bond donors (Lipinski definition) is 3. The zero-order valence-electron chi connectivity index (χ0n) is 5.53. The van der Waals surface area contributed by atoms with Gasteiger partial charge in [0, 0.05) is 6.92 Å². The Bertz CT molecular complexity index is 190. The summed E-state index contributed by atoms with van der Waals surface area (Å²) in [5.41, 5.74) is 14.9. The van der Waals surface area contributed by atoms with Crippen molar-refractivity contribution in [1.29, 1.82) is 0 Å². The summed E-state index contributed by atoms with van der Waals surface area (Å²) in [6.45, 7) is 1.25. The summed E-state index contributed by atoms with van der Waals surface area (Å²) in [6, 6.07) is 0. The van der Waals surface area contributed by atoms with Gasteiger partial charge in [0.2, 0.25) is 11.9 Å². The summed E-state index contributed by atoms with van der Waals surface area (Å²) in [5.74, 6) is -0.891. The van der Waals surface area contributed by atoms with Crippen LogP contribution in [-0.4, -0.2) is 17.8 Å². The lowest BCUT2D eigenvalue weighted by molar-refractivity contribution is -0.115. The van der Waals surface area contributed by atoms with Crippen LogP contribution in [-0.2, 0) is 4.79 Å². The van der Waals surface area contributed by atoms with Gasteiger partial charge in [-0.15, -0.1) is 0 Å². The zero-order valence-corrected chi connectivity index (χ0v) is 5.53. The number of rotatable bonds is 0. The quantitative estimate of drug-likeness (QED) is 0.271. The highest BCUT2D eigenvalue weighted by atomic mass is 16.1. The van der Waals surface area contributed by atoms with Gasteiger partial charge in [0.05, 0.1) is 0 Å². The number of nitrogens with zero attached hydrogens (tertiary/aromatic N) is 2. The summed E-state index contributed by atoms with van der Waals surface area (Å²) >= 11 is 0. The lowest BCUT2D eigenvalue weighted by atomic mass is 10.7. The average Bonchev–Trinajstić information content (AvgIpc) is 1.58. The molecule has 0 aromatic rings. The second-order valence-electron chi connectivity index (χ2n) is 1.53. The maximum Gasteiger partial charge on any atom is 0.245 e. The number of aliphatic imine (C=N–C) groups is 2. The summed E-state index contributed by atoms with van der Waals surface area (Å²) in [4.78, 5) is 16.7. The molecule has 0 spiro atoms. The molecule has 10 heavy (non-hydrogen) atoms. The van der Waals surface area contributed by atoms with Gasteiger partial charge in [-0.05, 0) is 0 Å². The van der Waals surface area contributed by atoms with E-state index in [-0.39, 0.29) is 11.9 Å². The molecule has 0 saturated heterocycles. The molecule has 0 aromatic carbocycles. The van der Waals surface area contributed by atoms with Gasteiger partial charge >= 0.3 is 0 Å². The smallest absolute Gasteiger partial charge is 0.245 e. The van der Waals surface area contributed by atoms with Gasteiger partial charge in [0.25, 0.3) is 0 Å². The van der Waals surface area contributed by atoms with E-state index >= 15 is 0 Å². The number of nitrogens with two attached hydrogens (primary N) is 3. The molecule has 0 fully saturated rings. The lowest BCUT2D eigenvalue weighted by Crippen LogP contribution is -2.26. The van der Waals surface area contributed by atoms with Crippen molar-refractivity contribution in [2.45, 2.75) is 6.92 Å². The van der Waals surface area contributed by atoms with Gasteiger partial charge in [-0.2, -0.15) is 9.98 Å². The number of hydrogen-bond acceptors (Lipinski definition) is 1. The van der Waals surface area contributed by atoms with Crippen molar-refractivity contribution in [3.8, 4) is 0 Å². The Balaban J connectivity index is 4.22. The molecule has 6 heteroatoms. The highest BCUT2D eigenvalue weighted by molar-refractivity contribution is 5.97. The van der Waals surface area contributed by atoms with E-state index in [4.69, 9.17) is 17.2 Å². The minimum atomic E-state index is -0.442. The van der Waals surface area contributed by atoms with Crippen LogP contribution in [0.5, 0.6) is 0 Å². The summed E-state index contributed by atoms with van der Waals surface area (Å²) in [5, 5.41) is 0. The Morgan fingerprint density at radius 3 is 2.00 bits per heavy atom. The Kier molecular flexibility index (Phi) is 2.89. The minimum Gasteiger partial charge on any atom is -0.370 e. The van der Waals surface area contributed by atoms with Crippen LogP contribution in [0.25, 0.3) is 0 Å². The fourth-order valence-electron chi connectivity index (χ4n) is 0.319. The number of carbonyl (C=O) groups is 1. The predicted octanol–water partition coefficient (Wildman–Crippen LogP) is -1.88. The molecule has 0 saturated carbocycles. The molecule has 0 aromatic heterocycles. The number of amides is 1. The van der Waals surface area contributed by atoms with Crippen LogP contribution in [0.2, 0.25) is 0 Å². The van der Waals surface area contributed by atoms with Crippen LogP contribution in [0.1, 0.15) is 6.92 Å². The SMILES string of the molecule is CC(=O)N=C(N)N=C(N)N. The molecule has 6 N–H and O–H groups in total. The molecule has 1 amide bonds. The van der Waals surface area contributed by atoms with E-state index in [1.807, 2.05) is 0 Å². The van der Waals surface area contributed by atoms with Crippen LogP contribution >= 0.6 is 0 Å². The van der Waals surface area contributed by atoms with Crippen LogP contribution in [0.15, 0.2) is 9.98 Å². The summed E-state index contributed by atoms with van der Waals surface area (Å²) < 4.78 is 0. The van der Waals surface area contributed by atoms with Gasteiger partial charge < -0.3 is 17.2 Å². The highest BCUT2D eigenvalue weighted by Crippen LogP contribution is 1.73. The van der Waals surface area contributed by atoms with Crippen molar-refractivity contribution >= 4 is 17.8 Å². The molecule has 0 rings (SSSR count). The molecule has 0 atom stereocenters. The number of carbonyl (C=O) groups excluding carboxylic acids is 1. The molecule has 0 aliphatic heterocycles. The molecule has 0 heterocycles. The van der Waals surface area contributed by atoms with Crippen LogP contribution in [0, 0.1) is 0 Å². The van der Waals surface area contributed by atoms with Crippen LogP contribution in [0.4, 0.5) is 0 Å². The third kappa shape index (κ3) is 4.57. The molecule has 6 nitrogen and oxygen atoms in total. The van der Waals surface area contributed by atoms with Crippen molar-refractivity contribution in [3.05, 3.63) is 0 Å². The molecule has 0 unspecified atom stereocenters. The third-order valence-electron chi connectivity index (χ3n) is 0.516. The second kappa shape index (κ2) is 3.44. The monoisotopic (exact) mass is 143 g/mol. The Morgan fingerprint density at radius 1 is 1.20 bits per heavy atom. The molecular formula is C4H9N5O. The van der Waals surface area contributed by atoms with E-state index in [9.17, 15) is 4.79 Å². The summed E-state index contributed by atoms with van der Waals surface area (Å²) in [6.07, 6.45) is 0. The van der Waals surface area contributed by atoms with Crippen LogP contribution in [0.3, 0.4) is 0 Å². The number of guanidine groups is 2. The molecule has 0 bridgehead atoms. The normalized spacial score (nSPS) is 10.7. The topological polar surface area (TPSA) is 120 Å². The van der Waals surface area contributed by atoms with E-state index in [1.54, 1.807) is 0 Å². The summed E-state index contributed by atoms with van der Waals surface area (Å²) in [7, 11) is 0. The van der Waals surface area contributed by atoms with Gasteiger partial charge in [0.1, 0.15) is 0 Å². The predicted molar refractivity (Wildman–Crippen MR) is 38.1 cm³/mol. The van der Waals surface area contributed by atoms with E-state index in [0.29, 0.717) is 0 Å². The first-order valence-electron chi connectivity index (χ1n) is 2.46. The minimum absolute atomic E-state index is 0.220. The molecule has 0 radical (unpaired) electrons. The molecule has 56 valence electrons. The highest BCUT2D eigenvalue weighted by Gasteiger charge is 1.90. The van der Waals surface area contributed by atoms with Crippen molar-refractivity contribution in [2.75, 3.05) is 0 Å². The van der Waals surface area contributed by atoms with Gasteiger partial charge in [-0.1, -0.05) is 0 Å². The fraction of sp³-hybridized carbons (Fsp3) is 0.250. The van der Waals surface area contributed by atoms with Crippen molar-refractivity contribution in [3.63, 3.8) is 0 Å². The van der Waals surface area contributed by atoms with Crippen molar-refractivity contribution in [1.82, 2.24) is 0 Å².